The Morgan fingerprint density at radius 3 is 2.30 bits per heavy atom. The number of carbonyl (C=O) groups excluding carboxylic acids is 1. The second kappa shape index (κ2) is 9.13. The van der Waals surface area contributed by atoms with Crippen LogP contribution < -0.4 is 5.32 Å². The van der Waals surface area contributed by atoms with Gasteiger partial charge in [-0.1, -0.05) is 60.7 Å². The minimum absolute atomic E-state index is 0.0467. The van der Waals surface area contributed by atoms with Crippen molar-refractivity contribution in [3.05, 3.63) is 71.8 Å². The zero-order chi connectivity index (χ0) is 19.2. The van der Waals surface area contributed by atoms with Gasteiger partial charge in [-0.05, 0) is 31.4 Å². The predicted molar refractivity (Wildman–Crippen MR) is 105 cm³/mol. The molecule has 4 atom stereocenters. The van der Waals surface area contributed by atoms with Crippen LogP contribution in [0.5, 0.6) is 0 Å². The number of nitrogens with one attached hydrogen (secondary N) is 1. The molecule has 27 heavy (non-hydrogen) atoms. The van der Waals surface area contributed by atoms with E-state index in [0.29, 0.717) is 12.8 Å². The SMILES string of the molecule is C[C@H](NC(=O)C1CC(CCO)ON1[C@H](C)c1ccccc1)c1ccccc1. The van der Waals surface area contributed by atoms with Gasteiger partial charge in [0.25, 0.3) is 0 Å². The van der Waals surface area contributed by atoms with Gasteiger partial charge in [-0.15, -0.1) is 0 Å². The summed E-state index contributed by atoms with van der Waals surface area (Å²) in [7, 11) is 0. The molecule has 3 rings (SSSR count). The highest BCUT2D eigenvalue weighted by Gasteiger charge is 2.41. The Balaban J connectivity index is 1.74. The number of nitrogens with zero attached hydrogens (tertiary/aromatic N) is 1. The summed E-state index contributed by atoms with van der Waals surface area (Å²) in [4.78, 5) is 19.1. The van der Waals surface area contributed by atoms with Gasteiger partial charge >= 0.3 is 0 Å². The summed E-state index contributed by atoms with van der Waals surface area (Å²) in [6.45, 7) is 4.07. The highest BCUT2D eigenvalue weighted by atomic mass is 16.7. The van der Waals surface area contributed by atoms with E-state index < -0.39 is 0 Å². The van der Waals surface area contributed by atoms with E-state index in [0.717, 1.165) is 11.1 Å². The molecule has 2 N–H and O–H groups in total. The largest absolute Gasteiger partial charge is 0.396 e. The van der Waals surface area contributed by atoms with Gasteiger partial charge in [-0.25, -0.2) is 0 Å². The topological polar surface area (TPSA) is 61.8 Å². The number of rotatable bonds is 7. The van der Waals surface area contributed by atoms with Crippen LogP contribution >= 0.6 is 0 Å². The molecule has 0 aliphatic carbocycles. The van der Waals surface area contributed by atoms with Crippen molar-refractivity contribution in [3.8, 4) is 0 Å². The molecule has 0 radical (unpaired) electrons. The van der Waals surface area contributed by atoms with E-state index in [4.69, 9.17) is 4.84 Å². The average molecular weight is 368 g/mol. The molecule has 144 valence electrons. The van der Waals surface area contributed by atoms with Crippen LogP contribution in [-0.4, -0.2) is 34.8 Å². The van der Waals surface area contributed by atoms with E-state index in [1.54, 1.807) is 5.06 Å². The van der Waals surface area contributed by atoms with Crippen LogP contribution in [0.2, 0.25) is 0 Å². The molecule has 0 saturated carbocycles. The van der Waals surface area contributed by atoms with Crippen molar-refractivity contribution < 1.29 is 14.7 Å². The van der Waals surface area contributed by atoms with Gasteiger partial charge in [0.05, 0.1) is 18.2 Å². The maximum atomic E-state index is 13.0. The summed E-state index contributed by atoms with van der Waals surface area (Å²) in [6, 6.07) is 19.4. The van der Waals surface area contributed by atoms with Crippen LogP contribution in [0.15, 0.2) is 60.7 Å². The monoisotopic (exact) mass is 368 g/mol. The molecule has 5 nitrogen and oxygen atoms in total. The summed E-state index contributed by atoms with van der Waals surface area (Å²) >= 11 is 0. The molecule has 1 heterocycles. The van der Waals surface area contributed by atoms with Crippen molar-refractivity contribution in [2.75, 3.05) is 6.61 Å². The molecule has 0 spiro atoms. The van der Waals surface area contributed by atoms with Crippen molar-refractivity contribution >= 4 is 5.91 Å². The molecule has 2 unspecified atom stereocenters. The standard InChI is InChI=1S/C22H28N2O3/c1-16(18-9-5-3-6-10-18)23-22(26)21-15-20(13-14-25)27-24(21)17(2)19-11-7-4-8-12-19/h3-12,16-17,20-21,25H,13-15H2,1-2H3,(H,23,26)/t16-,17+,20?,21?/m0/s1. The summed E-state index contributed by atoms with van der Waals surface area (Å²) in [5.41, 5.74) is 2.16. The van der Waals surface area contributed by atoms with Crippen LogP contribution in [0.3, 0.4) is 0 Å². The van der Waals surface area contributed by atoms with E-state index in [-0.39, 0.29) is 36.7 Å². The van der Waals surface area contributed by atoms with Crippen molar-refractivity contribution in [1.82, 2.24) is 10.4 Å². The summed E-state index contributed by atoms with van der Waals surface area (Å²) < 4.78 is 0. The first-order valence-electron chi connectivity index (χ1n) is 9.56. The quantitative estimate of drug-likeness (QED) is 0.786. The normalized spacial score (nSPS) is 22.3. The van der Waals surface area contributed by atoms with Gasteiger partial charge < -0.3 is 10.4 Å². The number of aliphatic hydroxyl groups is 1. The van der Waals surface area contributed by atoms with E-state index in [9.17, 15) is 9.90 Å². The van der Waals surface area contributed by atoms with Crippen molar-refractivity contribution in [3.63, 3.8) is 0 Å². The second-order valence-corrected chi connectivity index (χ2v) is 7.08. The van der Waals surface area contributed by atoms with Gasteiger partial charge in [0.1, 0.15) is 6.04 Å². The zero-order valence-electron chi connectivity index (χ0n) is 15.9. The van der Waals surface area contributed by atoms with E-state index in [2.05, 4.69) is 5.32 Å². The van der Waals surface area contributed by atoms with Gasteiger partial charge in [0.15, 0.2) is 0 Å². The molecule has 0 aromatic heterocycles. The Bertz CT molecular complexity index is 723. The molecule has 1 amide bonds. The Labute approximate surface area is 160 Å². The van der Waals surface area contributed by atoms with Crippen molar-refractivity contribution in [1.29, 1.82) is 0 Å². The third kappa shape index (κ3) is 4.75. The zero-order valence-corrected chi connectivity index (χ0v) is 15.9. The van der Waals surface area contributed by atoms with Crippen LogP contribution in [0, 0.1) is 0 Å². The van der Waals surface area contributed by atoms with Crippen LogP contribution in [-0.2, 0) is 9.63 Å². The lowest BCUT2D eigenvalue weighted by Gasteiger charge is -2.29. The molecule has 1 aliphatic heterocycles. The second-order valence-electron chi connectivity index (χ2n) is 7.08. The van der Waals surface area contributed by atoms with Crippen LogP contribution in [0.1, 0.15) is 49.9 Å². The van der Waals surface area contributed by atoms with Gasteiger partial charge in [0.2, 0.25) is 5.91 Å². The molecule has 0 bridgehead atoms. The number of hydroxylamine groups is 2. The third-order valence-electron chi connectivity index (χ3n) is 5.14. The molecule has 2 aromatic carbocycles. The third-order valence-corrected chi connectivity index (χ3v) is 5.14. The Kier molecular flexibility index (Phi) is 6.61. The number of benzene rings is 2. The molecular weight excluding hydrogens is 340 g/mol. The fourth-order valence-corrected chi connectivity index (χ4v) is 3.55. The first-order chi connectivity index (χ1) is 13.1. The number of hydrogen-bond acceptors (Lipinski definition) is 4. The average Bonchev–Trinajstić information content (AvgIpc) is 3.13. The molecule has 1 aliphatic rings. The predicted octanol–water partition coefficient (Wildman–Crippen LogP) is 3.38. The van der Waals surface area contributed by atoms with E-state index >= 15 is 0 Å². The number of amides is 1. The van der Waals surface area contributed by atoms with Gasteiger partial charge in [-0.2, -0.15) is 5.06 Å². The van der Waals surface area contributed by atoms with E-state index in [1.165, 1.54) is 0 Å². The Hall–Kier alpha value is -2.21. The van der Waals surface area contributed by atoms with E-state index in [1.807, 2.05) is 74.5 Å². The highest BCUT2D eigenvalue weighted by molar-refractivity contribution is 5.82. The van der Waals surface area contributed by atoms with Gasteiger partial charge in [-0.3, -0.25) is 9.63 Å². The van der Waals surface area contributed by atoms with Crippen molar-refractivity contribution in [2.45, 2.75) is 50.9 Å². The lowest BCUT2D eigenvalue weighted by atomic mass is 10.0. The Morgan fingerprint density at radius 2 is 1.70 bits per heavy atom. The number of hydrogen-bond donors (Lipinski definition) is 2. The van der Waals surface area contributed by atoms with Crippen LogP contribution in [0.25, 0.3) is 0 Å². The highest BCUT2D eigenvalue weighted by Crippen LogP contribution is 2.32. The fourth-order valence-electron chi connectivity index (χ4n) is 3.55. The summed E-state index contributed by atoms with van der Waals surface area (Å²) in [6.07, 6.45) is 0.949. The first-order valence-corrected chi connectivity index (χ1v) is 9.56. The number of carbonyl (C=O) groups is 1. The first kappa shape index (κ1) is 19.5. The molecule has 1 fully saturated rings. The molecular formula is C22H28N2O3. The lowest BCUT2D eigenvalue weighted by molar-refractivity contribution is -0.192. The molecule has 1 saturated heterocycles. The van der Waals surface area contributed by atoms with Crippen LogP contribution in [0.4, 0.5) is 0 Å². The maximum Gasteiger partial charge on any atom is 0.240 e. The summed E-state index contributed by atoms with van der Waals surface area (Å²) in [5.74, 6) is -0.0467. The minimum atomic E-state index is -0.386. The summed E-state index contributed by atoms with van der Waals surface area (Å²) in [5, 5.41) is 14.2. The maximum absolute atomic E-state index is 13.0. The minimum Gasteiger partial charge on any atom is -0.396 e. The fraction of sp³-hybridized carbons (Fsp3) is 0.409. The number of aliphatic hydroxyl groups excluding tert-OH is 1. The molecule has 2 aromatic rings. The smallest absolute Gasteiger partial charge is 0.240 e. The Morgan fingerprint density at radius 1 is 1.11 bits per heavy atom. The lowest BCUT2D eigenvalue weighted by Crippen LogP contribution is -2.44. The van der Waals surface area contributed by atoms with Crippen molar-refractivity contribution in [2.24, 2.45) is 0 Å². The van der Waals surface area contributed by atoms with Gasteiger partial charge in [0, 0.05) is 13.0 Å². The molecule has 5 heteroatoms.